The van der Waals surface area contributed by atoms with E-state index in [2.05, 4.69) is 5.32 Å². The van der Waals surface area contributed by atoms with Crippen molar-refractivity contribution in [3.8, 4) is 5.75 Å². The van der Waals surface area contributed by atoms with Crippen LogP contribution in [0.1, 0.15) is 28.8 Å². The SMILES string of the molecule is COc1cccc(C(=O)N2CCCC3(C2)NC(=O)N(Cc2ccc(Cl)cc2)C3=O)c1. The first-order valence-electron chi connectivity index (χ1n) is 9.74. The third-order valence-electron chi connectivity index (χ3n) is 5.60. The summed E-state index contributed by atoms with van der Waals surface area (Å²) in [6.45, 7) is 0.830. The van der Waals surface area contributed by atoms with Gasteiger partial charge in [0.05, 0.1) is 20.2 Å². The molecule has 0 saturated carbocycles. The van der Waals surface area contributed by atoms with Crippen LogP contribution < -0.4 is 10.1 Å². The number of likely N-dealkylation sites (tertiary alicyclic amines) is 1. The molecule has 30 heavy (non-hydrogen) atoms. The molecule has 4 rings (SSSR count). The van der Waals surface area contributed by atoms with Gasteiger partial charge in [0.2, 0.25) is 0 Å². The number of carbonyl (C=O) groups is 3. The number of benzene rings is 2. The number of hydrogen-bond acceptors (Lipinski definition) is 4. The van der Waals surface area contributed by atoms with E-state index in [1.807, 2.05) is 0 Å². The zero-order valence-corrected chi connectivity index (χ0v) is 17.3. The fourth-order valence-corrected chi connectivity index (χ4v) is 4.16. The van der Waals surface area contributed by atoms with Crippen molar-refractivity contribution in [1.29, 1.82) is 0 Å². The van der Waals surface area contributed by atoms with Crippen LogP contribution in [0.4, 0.5) is 4.79 Å². The van der Waals surface area contributed by atoms with Gasteiger partial charge in [-0.25, -0.2) is 4.79 Å². The maximum atomic E-state index is 13.2. The van der Waals surface area contributed by atoms with Crippen molar-refractivity contribution in [2.75, 3.05) is 20.2 Å². The fourth-order valence-electron chi connectivity index (χ4n) is 4.04. The highest BCUT2D eigenvalue weighted by atomic mass is 35.5. The number of methoxy groups -OCH3 is 1. The van der Waals surface area contributed by atoms with E-state index in [1.54, 1.807) is 60.5 Å². The summed E-state index contributed by atoms with van der Waals surface area (Å²) in [6.07, 6.45) is 1.12. The number of amides is 4. The quantitative estimate of drug-likeness (QED) is 0.760. The lowest BCUT2D eigenvalue weighted by molar-refractivity contribution is -0.133. The minimum atomic E-state index is -1.09. The highest BCUT2D eigenvalue weighted by Gasteiger charge is 2.53. The number of carbonyl (C=O) groups excluding carboxylic acids is 3. The van der Waals surface area contributed by atoms with Gasteiger partial charge in [0.15, 0.2) is 0 Å². The Morgan fingerprint density at radius 3 is 2.70 bits per heavy atom. The third-order valence-corrected chi connectivity index (χ3v) is 5.85. The van der Waals surface area contributed by atoms with Gasteiger partial charge in [-0.1, -0.05) is 29.8 Å². The molecule has 1 N–H and O–H groups in total. The predicted molar refractivity (Wildman–Crippen MR) is 111 cm³/mol. The zero-order chi connectivity index (χ0) is 21.3. The van der Waals surface area contributed by atoms with Crippen LogP contribution in [-0.4, -0.2) is 53.4 Å². The van der Waals surface area contributed by atoms with Crippen LogP contribution in [0.25, 0.3) is 0 Å². The molecule has 2 aliphatic rings. The van der Waals surface area contributed by atoms with Gasteiger partial charge in [0.1, 0.15) is 11.3 Å². The topological polar surface area (TPSA) is 79.0 Å². The standard InChI is InChI=1S/C22H22ClN3O4/c1-30-18-5-2-4-16(12-18)19(27)25-11-3-10-22(14-25)20(28)26(21(29)24-22)13-15-6-8-17(23)9-7-15/h2,4-9,12H,3,10-11,13-14H2,1H3,(H,24,29). The molecule has 2 heterocycles. The smallest absolute Gasteiger partial charge is 0.325 e. The Hall–Kier alpha value is -3.06. The minimum absolute atomic E-state index is 0.144. The molecule has 156 valence electrons. The highest BCUT2D eigenvalue weighted by molar-refractivity contribution is 6.30. The maximum Gasteiger partial charge on any atom is 0.325 e. The summed E-state index contributed by atoms with van der Waals surface area (Å²) < 4.78 is 5.20. The molecule has 1 unspecified atom stereocenters. The molecular formula is C22H22ClN3O4. The largest absolute Gasteiger partial charge is 0.497 e. The van der Waals surface area contributed by atoms with Crippen molar-refractivity contribution in [3.05, 3.63) is 64.7 Å². The number of nitrogens with one attached hydrogen (secondary N) is 1. The van der Waals surface area contributed by atoms with Crippen molar-refractivity contribution >= 4 is 29.4 Å². The van der Waals surface area contributed by atoms with Crippen molar-refractivity contribution < 1.29 is 19.1 Å². The van der Waals surface area contributed by atoms with E-state index in [0.717, 1.165) is 5.56 Å². The molecule has 2 aliphatic heterocycles. The number of halogens is 1. The van der Waals surface area contributed by atoms with Crippen molar-refractivity contribution in [2.24, 2.45) is 0 Å². The first-order chi connectivity index (χ1) is 14.4. The Kier molecular flexibility index (Phi) is 5.39. The minimum Gasteiger partial charge on any atom is -0.497 e. The summed E-state index contributed by atoms with van der Waals surface area (Å²) >= 11 is 5.91. The average molecular weight is 428 g/mol. The molecule has 0 bridgehead atoms. The molecule has 4 amide bonds. The van der Waals surface area contributed by atoms with Gasteiger partial charge in [-0.15, -0.1) is 0 Å². The van der Waals surface area contributed by atoms with Crippen molar-refractivity contribution in [1.82, 2.24) is 15.1 Å². The molecule has 2 aromatic carbocycles. The lowest BCUT2D eigenvalue weighted by Gasteiger charge is -2.38. The van der Waals surface area contributed by atoms with Crippen LogP contribution in [0.3, 0.4) is 0 Å². The Morgan fingerprint density at radius 1 is 1.20 bits per heavy atom. The van der Waals surface area contributed by atoms with Crippen LogP contribution in [0, 0.1) is 0 Å². The summed E-state index contributed by atoms with van der Waals surface area (Å²) in [6, 6.07) is 13.5. The molecule has 0 aliphatic carbocycles. The van der Waals surface area contributed by atoms with Crippen LogP contribution >= 0.6 is 11.6 Å². The van der Waals surface area contributed by atoms with Crippen molar-refractivity contribution in [3.63, 3.8) is 0 Å². The molecule has 8 heteroatoms. The molecule has 2 aromatic rings. The van der Waals surface area contributed by atoms with Crippen LogP contribution in [0.2, 0.25) is 5.02 Å². The second-order valence-electron chi connectivity index (χ2n) is 7.59. The predicted octanol–water partition coefficient (Wildman–Crippen LogP) is 3.08. The number of ether oxygens (including phenoxy) is 1. The Morgan fingerprint density at radius 2 is 1.97 bits per heavy atom. The molecular weight excluding hydrogens is 406 g/mol. The van der Waals surface area contributed by atoms with Crippen LogP contribution in [0.15, 0.2) is 48.5 Å². The summed E-state index contributed by atoms with van der Waals surface area (Å²) in [4.78, 5) is 41.7. The van der Waals surface area contributed by atoms with E-state index in [-0.39, 0.29) is 24.9 Å². The monoisotopic (exact) mass is 427 g/mol. The molecule has 2 saturated heterocycles. The first kappa shape index (κ1) is 20.2. The molecule has 2 fully saturated rings. The lowest BCUT2D eigenvalue weighted by Crippen LogP contribution is -2.59. The number of hydrogen-bond donors (Lipinski definition) is 1. The van der Waals surface area contributed by atoms with Crippen LogP contribution in [-0.2, 0) is 11.3 Å². The van der Waals surface area contributed by atoms with E-state index >= 15 is 0 Å². The molecule has 0 radical (unpaired) electrons. The van der Waals surface area contributed by atoms with Gasteiger partial charge in [0.25, 0.3) is 11.8 Å². The van der Waals surface area contributed by atoms with E-state index in [1.165, 1.54) is 4.90 Å². The molecule has 1 atom stereocenters. The second kappa shape index (κ2) is 7.99. The van der Waals surface area contributed by atoms with Gasteiger partial charge >= 0.3 is 6.03 Å². The van der Waals surface area contributed by atoms with E-state index in [4.69, 9.17) is 16.3 Å². The van der Waals surface area contributed by atoms with Crippen LogP contribution in [0.5, 0.6) is 5.75 Å². The van der Waals surface area contributed by atoms with E-state index in [0.29, 0.717) is 35.7 Å². The van der Waals surface area contributed by atoms with Crippen molar-refractivity contribution in [2.45, 2.75) is 24.9 Å². The normalized spacial score (nSPS) is 21.1. The lowest BCUT2D eigenvalue weighted by atomic mass is 9.88. The third kappa shape index (κ3) is 3.73. The molecule has 1 spiro atoms. The number of imide groups is 1. The summed E-state index contributed by atoms with van der Waals surface area (Å²) in [5.74, 6) is 0.101. The van der Waals surface area contributed by atoms with Gasteiger partial charge < -0.3 is 15.0 Å². The number of piperidine rings is 1. The summed E-state index contributed by atoms with van der Waals surface area (Å²) in [5, 5.41) is 3.44. The Bertz CT molecular complexity index is 994. The summed E-state index contributed by atoms with van der Waals surface area (Å²) in [5.41, 5.74) is 0.206. The first-order valence-corrected chi connectivity index (χ1v) is 10.1. The average Bonchev–Trinajstić information content (AvgIpc) is 2.98. The van der Waals surface area contributed by atoms with Gasteiger partial charge in [-0.2, -0.15) is 0 Å². The zero-order valence-electron chi connectivity index (χ0n) is 16.6. The Labute approximate surface area is 179 Å². The van der Waals surface area contributed by atoms with Gasteiger partial charge in [-0.05, 0) is 48.7 Å². The molecule has 7 nitrogen and oxygen atoms in total. The Balaban J connectivity index is 1.52. The molecule has 0 aromatic heterocycles. The van der Waals surface area contributed by atoms with E-state index in [9.17, 15) is 14.4 Å². The maximum absolute atomic E-state index is 13.2. The summed E-state index contributed by atoms with van der Waals surface area (Å²) in [7, 11) is 1.54. The van der Waals surface area contributed by atoms with Gasteiger partial charge in [0, 0.05) is 17.1 Å². The highest BCUT2D eigenvalue weighted by Crippen LogP contribution is 2.30. The second-order valence-corrected chi connectivity index (χ2v) is 8.03. The number of nitrogens with zero attached hydrogens (tertiary/aromatic N) is 2. The fraction of sp³-hybridized carbons (Fsp3) is 0.318. The number of rotatable bonds is 4. The van der Waals surface area contributed by atoms with Gasteiger partial charge in [-0.3, -0.25) is 14.5 Å². The van der Waals surface area contributed by atoms with E-state index < -0.39 is 11.6 Å². The number of urea groups is 1.